The molecule has 0 aromatic heterocycles. The average molecular weight is 158 g/mol. The molecule has 1 fully saturated rings. The quantitative estimate of drug-likeness (QED) is 0.526. The molecular weight excluding hydrogens is 136 g/mol. The van der Waals surface area contributed by atoms with Gasteiger partial charge in [-0.05, 0) is 25.2 Å². The molecule has 1 aliphatic rings. The minimum absolute atomic E-state index is 0.480. The fraction of sp³-hybridized carbons (Fsp3) is 1.00. The van der Waals surface area contributed by atoms with Crippen LogP contribution in [0.2, 0.25) is 0 Å². The van der Waals surface area contributed by atoms with E-state index in [1.807, 2.05) is 13.8 Å². The van der Waals surface area contributed by atoms with Gasteiger partial charge in [0.2, 0.25) is 0 Å². The van der Waals surface area contributed by atoms with Crippen molar-refractivity contribution < 1.29 is 4.74 Å². The molecule has 11 heavy (non-hydrogen) atoms. The van der Waals surface area contributed by atoms with Gasteiger partial charge in [0.15, 0.2) is 0 Å². The van der Waals surface area contributed by atoms with Crippen LogP contribution >= 0.6 is 0 Å². The molecule has 1 unspecified atom stereocenters. The van der Waals surface area contributed by atoms with E-state index in [2.05, 4.69) is 20.8 Å². The second kappa shape index (κ2) is 4.76. The summed E-state index contributed by atoms with van der Waals surface area (Å²) in [6, 6.07) is 0. The van der Waals surface area contributed by atoms with E-state index in [0.29, 0.717) is 11.5 Å². The van der Waals surface area contributed by atoms with Crippen LogP contribution in [0.1, 0.15) is 47.5 Å². The minimum Gasteiger partial charge on any atom is -0.378 e. The van der Waals surface area contributed by atoms with E-state index in [-0.39, 0.29) is 0 Å². The van der Waals surface area contributed by atoms with Crippen molar-refractivity contribution in [2.75, 3.05) is 6.61 Å². The zero-order valence-electron chi connectivity index (χ0n) is 8.61. The Labute approximate surface area is 71.1 Å². The van der Waals surface area contributed by atoms with Crippen molar-refractivity contribution >= 4 is 0 Å². The maximum Gasteiger partial charge on any atom is 0.0552 e. The first-order valence-electron chi connectivity index (χ1n) is 4.72. The first-order chi connectivity index (χ1) is 5.10. The van der Waals surface area contributed by atoms with Gasteiger partial charge < -0.3 is 4.74 Å². The highest BCUT2D eigenvalue weighted by atomic mass is 16.5. The molecule has 1 saturated heterocycles. The smallest absolute Gasteiger partial charge is 0.0552 e. The van der Waals surface area contributed by atoms with Gasteiger partial charge in [-0.25, -0.2) is 0 Å². The monoisotopic (exact) mass is 158 g/mol. The van der Waals surface area contributed by atoms with Crippen molar-refractivity contribution in [3.05, 3.63) is 0 Å². The predicted molar refractivity (Wildman–Crippen MR) is 49.8 cm³/mol. The molecule has 1 rings (SSSR count). The summed E-state index contributed by atoms with van der Waals surface area (Å²) in [5.41, 5.74) is 0.525. The van der Waals surface area contributed by atoms with Crippen LogP contribution in [0.5, 0.6) is 0 Å². The lowest BCUT2D eigenvalue weighted by molar-refractivity contribution is -0.0252. The van der Waals surface area contributed by atoms with Gasteiger partial charge in [0.25, 0.3) is 0 Å². The average Bonchev–Trinajstić information content (AvgIpc) is 1.89. The fourth-order valence-electron chi connectivity index (χ4n) is 1.48. The molecule has 0 amide bonds. The Morgan fingerprint density at radius 3 is 2.09 bits per heavy atom. The van der Waals surface area contributed by atoms with Crippen molar-refractivity contribution in [1.29, 1.82) is 0 Å². The Morgan fingerprint density at radius 2 is 1.82 bits per heavy atom. The van der Waals surface area contributed by atoms with Gasteiger partial charge in [-0.15, -0.1) is 0 Å². The lowest BCUT2D eigenvalue weighted by Gasteiger charge is -2.33. The summed E-state index contributed by atoms with van der Waals surface area (Å²) in [7, 11) is 0. The van der Waals surface area contributed by atoms with E-state index >= 15 is 0 Å². The Hall–Kier alpha value is -0.0400. The largest absolute Gasteiger partial charge is 0.378 e. The normalized spacial score (nSPS) is 28.6. The molecule has 1 heterocycles. The molecule has 1 heteroatoms. The Balaban J connectivity index is 0.000000461. The van der Waals surface area contributed by atoms with Gasteiger partial charge in [0, 0.05) is 6.61 Å². The van der Waals surface area contributed by atoms with Gasteiger partial charge in [-0.2, -0.15) is 0 Å². The van der Waals surface area contributed by atoms with Crippen LogP contribution < -0.4 is 0 Å². The number of hydrogen-bond donors (Lipinski definition) is 0. The summed E-state index contributed by atoms with van der Waals surface area (Å²) in [6.45, 7) is 11.7. The highest BCUT2D eigenvalue weighted by Crippen LogP contribution is 2.31. The maximum absolute atomic E-state index is 5.41. The van der Waals surface area contributed by atoms with Crippen molar-refractivity contribution in [3.63, 3.8) is 0 Å². The Bertz CT molecular complexity index is 97.0. The first-order valence-corrected chi connectivity index (χ1v) is 4.72. The summed E-state index contributed by atoms with van der Waals surface area (Å²) in [5.74, 6) is 0. The highest BCUT2D eigenvalue weighted by Gasteiger charge is 2.25. The van der Waals surface area contributed by atoms with Crippen LogP contribution in [-0.2, 0) is 4.74 Å². The third-order valence-electron chi connectivity index (χ3n) is 2.02. The van der Waals surface area contributed by atoms with Crippen molar-refractivity contribution in [1.82, 2.24) is 0 Å². The Morgan fingerprint density at radius 1 is 1.27 bits per heavy atom. The molecule has 1 aliphatic heterocycles. The SMILES string of the molecule is CC.CC1CC(C)(C)CCO1. The molecule has 1 nitrogen and oxygen atoms in total. The van der Waals surface area contributed by atoms with Gasteiger partial charge >= 0.3 is 0 Å². The molecule has 0 N–H and O–H groups in total. The van der Waals surface area contributed by atoms with E-state index < -0.39 is 0 Å². The van der Waals surface area contributed by atoms with Gasteiger partial charge in [0.1, 0.15) is 0 Å². The van der Waals surface area contributed by atoms with Crippen molar-refractivity contribution in [2.24, 2.45) is 5.41 Å². The van der Waals surface area contributed by atoms with E-state index in [4.69, 9.17) is 4.74 Å². The summed E-state index contributed by atoms with van der Waals surface area (Å²) >= 11 is 0. The van der Waals surface area contributed by atoms with Crippen LogP contribution in [-0.4, -0.2) is 12.7 Å². The lowest BCUT2D eigenvalue weighted by Crippen LogP contribution is -2.28. The number of rotatable bonds is 0. The third kappa shape index (κ3) is 4.41. The maximum atomic E-state index is 5.41. The predicted octanol–water partition coefficient (Wildman–Crippen LogP) is 3.24. The molecule has 0 aliphatic carbocycles. The molecule has 0 aromatic rings. The van der Waals surface area contributed by atoms with Crippen LogP contribution in [0.25, 0.3) is 0 Å². The zero-order chi connectivity index (χ0) is 8.91. The standard InChI is InChI=1S/C8H16O.C2H6/c1-7-6-8(2,3)4-5-9-7;1-2/h7H,4-6H2,1-3H3;1-2H3. The second-order valence-corrected chi connectivity index (χ2v) is 3.80. The summed E-state index contributed by atoms with van der Waals surface area (Å²) < 4.78 is 5.41. The number of hydrogen-bond acceptors (Lipinski definition) is 1. The van der Waals surface area contributed by atoms with Crippen LogP contribution in [0, 0.1) is 5.41 Å². The van der Waals surface area contributed by atoms with Crippen molar-refractivity contribution in [3.8, 4) is 0 Å². The summed E-state index contributed by atoms with van der Waals surface area (Å²) in [4.78, 5) is 0. The van der Waals surface area contributed by atoms with E-state index in [0.717, 1.165) is 6.61 Å². The van der Waals surface area contributed by atoms with E-state index in [9.17, 15) is 0 Å². The van der Waals surface area contributed by atoms with Crippen LogP contribution in [0.4, 0.5) is 0 Å². The summed E-state index contributed by atoms with van der Waals surface area (Å²) in [5, 5.41) is 0. The third-order valence-corrected chi connectivity index (χ3v) is 2.02. The first kappa shape index (κ1) is 11.0. The Kier molecular flexibility index (Phi) is 4.74. The molecule has 0 spiro atoms. The van der Waals surface area contributed by atoms with Crippen LogP contribution in [0.3, 0.4) is 0 Å². The van der Waals surface area contributed by atoms with Gasteiger partial charge in [-0.1, -0.05) is 27.7 Å². The molecule has 68 valence electrons. The van der Waals surface area contributed by atoms with Crippen molar-refractivity contribution in [2.45, 2.75) is 53.6 Å². The van der Waals surface area contributed by atoms with E-state index in [1.54, 1.807) is 0 Å². The zero-order valence-corrected chi connectivity index (χ0v) is 8.61. The van der Waals surface area contributed by atoms with Gasteiger partial charge in [-0.3, -0.25) is 0 Å². The molecule has 0 radical (unpaired) electrons. The fourth-order valence-corrected chi connectivity index (χ4v) is 1.48. The van der Waals surface area contributed by atoms with Gasteiger partial charge in [0.05, 0.1) is 6.10 Å². The second-order valence-electron chi connectivity index (χ2n) is 3.80. The molecule has 0 saturated carbocycles. The molecule has 0 aromatic carbocycles. The minimum atomic E-state index is 0.480. The van der Waals surface area contributed by atoms with Crippen LogP contribution in [0.15, 0.2) is 0 Å². The summed E-state index contributed by atoms with van der Waals surface area (Å²) in [6.07, 6.45) is 2.92. The lowest BCUT2D eigenvalue weighted by atomic mass is 9.82. The topological polar surface area (TPSA) is 9.23 Å². The van der Waals surface area contributed by atoms with E-state index in [1.165, 1.54) is 12.8 Å². The number of ether oxygens (including phenoxy) is 1. The highest BCUT2D eigenvalue weighted by molar-refractivity contribution is 4.75. The molecule has 0 bridgehead atoms. The molecule has 1 atom stereocenters. The molecular formula is C10H22O.